The number of hydrogen-bond donors (Lipinski definition) is 5. The molecule has 0 spiro atoms. The summed E-state index contributed by atoms with van der Waals surface area (Å²) in [5, 5.41) is 56.4. The second-order valence-corrected chi connectivity index (χ2v) is 14.5. The Morgan fingerprint density at radius 3 is 2.23 bits per heavy atom. The molecule has 4 rings (SSSR count). The van der Waals surface area contributed by atoms with Crippen molar-refractivity contribution in [2.45, 2.75) is 124 Å². The van der Waals surface area contributed by atoms with Gasteiger partial charge < -0.3 is 25.5 Å². The number of hydrogen-bond acceptors (Lipinski definition) is 5. The van der Waals surface area contributed by atoms with Gasteiger partial charge in [-0.2, -0.15) is 0 Å². The molecular formula is C30H52O5. The Hall–Kier alpha value is -0.460. The summed E-state index contributed by atoms with van der Waals surface area (Å²) in [6.07, 6.45) is 6.50. The summed E-state index contributed by atoms with van der Waals surface area (Å²) < 4.78 is 0. The van der Waals surface area contributed by atoms with Crippen molar-refractivity contribution in [3.63, 3.8) is 0 Å². The van der Waals surface area contributed by atoms with Crippen LogP contribution < -0.4 is 0 Å². The van der Waals surface area contributed by atoms with Crippen molar-refractivity contribution < 1.29 is 25.5 Å². The molecule has 5 nitrogen and oxygen atoms in total. The summed E-state index contributed by atoms with van der Waals surface area (Å²) in [5.41, 5.74) is -0.989. The van der Waals surface area contributed by atoms with Crippen molar-refractivity contribution >= 4 is 0 Å². The maximum Gasteiger partial charge on any atom is 0.0654 e. The van der Waals surface area contributed by atoms with Crippen LogP contribution in [0.1, 0.15) is 99.8 Å². The first-order valence-corrected chi connectivity index (χ1v) is 14.1. The van der Waals surface area contributed by atoms with E-state index in [-0.39, 0.29) is 46.5 Å². The van der Waals surface area contributed by atoms with E-state index in [4.69, 9.17) is 0 Å². The Bertz CT molecular complexity index is 835. The first-order chi connectivity index (χ1) is 16.1. The average Bonchev–Trinajstić information content (AvgIpc) is 3.13. The lowest BCUT2D eigenvalue weighted by Gasteiger charge is -2.71. The van der Waals surface area contributed by atoms with Crippen molar-refractivity contribution in [1.29, 1.82) is 0 Å². The fourth-order valence-corrected chi connectivity index (χ4v) is 10.5. The van der Waals surface area contributed by atoms with Crippen LogP contribution in [0.15, 0.2) is 11.6 Å². The van der Waals surface area contributed by atoms with Crippen LogP contribution in [0.2, 0.25) is 0 Å². The third-order valence-electron chi connectivity index (χ3n) is 12.4. The average molecular weight is 493 g/mol. The minimum Gasteiger partial charge on any atom is -0.396 e. The fourth-order valence-electron chi connectivity index (χ4n) is 10.5. The molecule has 0 amide bonds. The van der Waals surface area contributed by atoms with Crippen molar-refractivity contribution in [3.05, 3.63) is 11.6 Å². The molecule has 4 saturated carbocycles. The summed E-state index contributed by atoms with van der Waals surface area (Å²) in [7, 11) is 0. The van der Waals surface area contributed by atoms with Gasteiger partial charge in [0.15, 0.2) is 0 Å². The Morgan fingerprint density at radius 2 is 1.63 bits per heavy atom. The molecule has 0 aromatic rings. The zero-order chi connectivity index (χ0) is 26.2. The van der Waals surface area contributed by atoms with E-state index in [1.807, 2.05) is 13.8 Å². The summed E-state index contributed by atoms with van der Waals surface area (Å²) >= 11 is 0. The highest BCUT2D eigenvalue weighted by Crippen LogP contribution is 2.75. The van der Waals surface area contributed by atoms with Crippen LogP contribution in [-0.2, 0) is 0 Å². The van der Waals surface area contributed by atoms with E-state index in [9.17, 15) is 25.5 Å². The predicted octanol–water partition coefficient (Wildman–Crippen LogP) is 4.44. The molecule has 0 heterocycles. The number of aliphatic hydroxyl groups is 5. The van der Waals surface area contributed by atoms with Crippen LogP contribution in [-0.4, -0.2) is 56.1 Å². The molecule has 5 N–H and O–H groups in total. The zero-order valence-electron chi connectivity index (χ0n) is 23.2. The number of fused-ring (bicyclic) bond motifs is 5. The van der Waals surface area contributed by atoms with E-state index >= 15 is 0 Å². The smallest absolute Gasteiger partial charge is 0.0654 e. The highest BCUT2D eigenvalue weighted by Gasteiger charge is 2.73. The number of allylic oxidation sites excluding steroid dienone is 2. The van der Waals surface area contributed by atoms with Gasteiger partial charge in [-0.15, -0.1) is 0 Å². The monoisotopic (exact) mass is 492 g/mol. The van der Waals surface area contributed by atoms with Gasteiger partial charge in [0.2, 0.25) is 0 Å². The van der Waals surface area contributed by atoms with Gasteiger partial charge in [-0.3, -0.25) is 0 Å². The van der Waals surface area contributed by atoms with Gasteiger partial charge in [0, 0.05) is 11.3 Å². The van der Waals surface area contributed by atoms with Crippen LogP contribution in [0.3, 0.4) is 0 Å². The molecule has 4 aliphatic carbocycles. The highest BCUT2D eigenvalue weighted by molar-refractivity contribution is 5.21. The van der Waals surface area contributed by atoms with E-state index in [1.54, 1.807) is 0 Å². The van der Waals surface area contributed by atoms with Crippen LogP contribution >= 0.6 is 0 Å². The van der Waals surface area contributed by atoms with Gasteiger partial charge in [0.1, 0.15) is 0 Å². The number of aliphatic hydroxyl groups excluding tert-OH is 4. The third-order valence-corrected chi connectivity index (χ3v) is 12.4. The topological polar surface area (TPSA) is 101 Å². The Balaban J connectivity index is 1.71. The first-order valence-electron chi connectivity index (χ1n) is 14.1. The SMILES string of the molecule is CC(C)=CCC[C@](C)(O)[C@H]1CC[C@]2(C)[C@@H]1[C@H](O)C[C@@H]1[C@@]3(C)CC[C@H](O)[C@](C)(CO)[C@@H]3[C@@H](O)C[C@]12C. The van der Waals surface area contributed by atoms with Crippen molar-refractivity contribution in [2.75, 3.05) is 6.61 Å². The second kappa shape index (κ2) is 8.80. The normalized spacial score (nSPS) is 53.2. The standard InChI is InChI=1S/C30H52O5/c1-18(2)9-8-12-30(7,35)19-10-14-28(5)24(19)20(32)15-22-26(3)13-11-23(34)27(4,17-31)25(26)21(33)16-29(22,28)6/h9,19-25,31-35H,8,10-17H2,1-7H3/t19-,20+,21-,22+,23-,24-,25+,26+,27-,28+,29+,30-/m0/s1. The summed E-state index contributed by atoms with van der Waals surface area (Å²) in [6, 6.07) is 0. The highest BCUT2D eigenvalue weighted by atomic mass is 16.3. The van der Waals surface area contributed by atoms with Crippen LogP contribution in [0.4, 0.5) is 0 Å². The molecule has 0 unspecified atom stereocenters. The molecule has 0 aromatic carbocycles. The third kappa shape index (κ3) is 3.81. The molecule has 0 aromatic heterocycles. The molecule has 5 heteroatoms. The van der Waals surface area contributed by atoms with E-state index in [1.165, 1.54) is 5.57 Å². The van der Waals surface area contributed by atoms with Gasteiger partial charge >= 0.3 is 0 Å². The van der Waals surface area contributed by atoms with E-state index < -0.39 is 29.3 Å². The predicted molar refractivity (Wildman–Crippen MR) is 138 cm³/mol. The molecule has 0 radical (unpaired) electrons. The summed E-state index contributed by atoms with van der Waals surface area (Å²) in [4.78, 5) is 0. The minimum atomic E-state index is -0.845. The van der Waals surface area contributed by atoms with E-state index in [2.05, 4.69) is 40.7 Å². The lowest BCUT2D eigenvalue weighted by molar-refractivity contribution is -0.280. The van der Waals surface area contributed by atoms with Crippen LogP contribution in [0.25, 0.3) is 0 Å². The van der Waals surface area contributed by atoms with E-state index in [0.717, 1.165) is 25.7 Å². The Morgan fingerprint density at radius 1 is 0.971 bits per heavy atom. The van der Waals surface area contributed by atoms with Crippen LogP contribution in [0.5, 0.6) is 0 Å². The lowest BCUT2D eigenvalue weighted by atomic mass is 9.34. The van der Waals surface area contributed by atoms with Gasteiger partial charge in [-0.1, -0.05) is 39.3 Å². The largest absolute Gasteiger partial charge is 0.396 e. The molecule has 35 heavy (non-hydrogen) atoms. The van der Waals surface area contributed by atoms with Gasteiger partial charge in [0.05, 0.1) is 30.5 Å². The van der Waals surface area contributed by atoms with Crippen molar-refractivity contribution in [3.8, 4) is 0 Å². The Labute approximate surface area is 213 Å². The molecule has 12 atom stereocenters. The lowest BCUT2D eigenvalue weighted by Crippen LogP contribution is -2.70. The summed E-state index contributed by atoms with van der Waals surface area (Å²) in [6.45, 7) is 14.8. The molecule has 4 fully saturated rings. The molecule has 0 bridgehead atoms. The molecule has 0 saturated heterocycles. The molecule has 4 aliphatic rings. The van der Waals surface area contributed by atoms with Gasteiger partial charge in [-0.25, -0.2) is 0 Å². The van der Waals surface area contributed by atoms with Crippen LogP contribution in [0, 0.1) is 45.3 Å². The second-order valence-electron chi connectivity index (χ2n) is 14.5. The molecular weight excluding hydrogens is 440 g/mol. The van der Waals surface area contributed by atoms with E-state index in [0.29, 0.717) is 25.7 Å². The van der Waals surface area contributed by atoms with Crippen molar-refractivity contribution in [1.82, 2.24) is 0 Å². The maximum absolute atomic E-state index is 11.8. The molecule has 0 aliphatic heterocycles. The Kier molecular flexibility index (Phi) is 6.93. The minimum absolute atomic E-state index is 0.00351. The van der Waals surface area contributed by atoms with Gasteiger partial charge in [-0.05, 0) is 106 Å². The number of rotatable bonds is 5. The summed E-state index contributed by atoms with van der Waals surface area (Å²) in [5.74, 6) is 0.00607. The van der Waals surface area contributed by atoms with Crippen molar-refractivity contribution in [2.24, 2.45) is 45.3 Å². The zero-order valence-corrected chi connectivity index (χ0v) is 23.2. The molecule has 202 valence electrons. The first kappa shape index (κ1) is 27.6. The quantitative estimate of drug-likeness (QED) is 0.365. The van der Waals surface area contributed by atoms with Gasteiger partial charge in [0.25, 0.3) is 0 Å². The maximum atomic E-state index is 11.8. The fraction of sp³-hybridized carbons (Fsp3) is 0.933.